The van der Waals surface area contributed by atoms with Crippen LogP contribution in [-0.2, 0) is 19.1 Å². The topological polar surface area (TPSA) is 64.6 Å². The molecule has 0 unspecified atom stereocenters. The number of amides is 1. The molecule has 18 heavy (non-hydrogen) atoms. The lowest BCUT2D eigenvalue weighted by molar-refractivity contribution is -0.188. The van der Waals surface area contributed by atoms with Crippen molar-refractivity contribution in [1.29, 1.82) is 0 Å². The fourth-order valence-corrected chi connectivity index (χ4v) is 2.59. The summed E-state index contributed by atoms with van der Waals surface area (Å²) in [5.74, 6) is -3.05. The van der Waals surface area contributed by atoms with E-state index >= 15 is 0 Å². The normalized spacial score (nSPS) is 34.4. The smallest absolute Gasteiger partial charge is 0.467 e. The Balaban J connectivity index is 2.18. The number of nitrogens with one attached hydrogen (secondary N) is 1. The van der Waals surface area contributed by atoms with Gasteiger partial charge >= 0.3 is 18.1 Å². The van der Waals surface area contributed by atoms with Crippen LogP contribution in [0.15, 0.2) is 0 Å². The lowest BCUT2D eigenvalue weighted by atomic mass is 9.65. The van der Waals surface area contributed by atoms with Gasteiger partial charge in [-0.1, -0.05) is 0 Å². The molecule has 0 aromatic carbocycles. The quantitative estimate of drug-likeness (QED) is 0.735. The van der Waals surface area contributed by atoms with Crippen molar-refractivity contribution in [2.24, 2.45) is 5.92 Å². The van der Waals surface area contributed by atoms with E-state index < -0.39 is 29.7 Å². The highest BCUT2D eigenvalue weighted by molar-refractivity contribution is 5.92. The molecule has 1 aliphatic carbocycles. The van der Waals surface area contributed by atoms with Crippen molar-refractivity contribution < 1.29 is 32.2 Å². The summed E-state index contributed by atoms with van der Waals surface area (Å²) < 4.78 is 46.4. The Morgan fingerprint density at radius 2 is 2.11 bits per heavy atom. The zero-order chi connectivity index (χ0) is 13.6. The number of hydrogen-bond donors (Lipinski definition) is 1. The molecular formula is C10H12F3NO4. The van der Waals surface area contributed by atoms with Crippen LogP contribution in [0.2, 0.25) is 0 Å². The van der Waals surface area contributed by atoms with Crippen LogP contribution in [0, 0.1) is 5.92 Å². The summed E-state index contributed by atoms with van der Waals surface area (Å²) in [4.78, 5) is 22.6. The summed E-state index contributed by atoms with van der Waals surface area (Å²) in [5, 5.41) is 1.73. The van der Waals surface area contributed by atoms with Crippen molar-refractivity contribution in [2.45, 2.75) is 30.7 Å². The first-order valence-corrected chi connectivity index (χ1v) is 5.40. The van der Waals surface area contributed by atoms with Crippen molar-refractivity contribution in [3.8, 4) is 0 Å². The number of halogens is 3. The van der Waals surface area contributed by atoms with E-state index in [1.165, 1.54) is 0 Å². The molecule has 0 bridgehead atoms. The summed E-state index contributed by atoms with van der Waals surface area (Å²) in [6.45, 7) is 0.371. The number of fused-ring (bicyclic) bond motifs is 1. The predicted molar refractivity (Wildman–Crippen MR) is 51.4 cm³/mol. The van der Waals surface area contributed by atoms with Gasteiger partial charge in [0.15, 0.2) is 5.54 Å². The molecule has 1 heterocycles. The third kappa shape index (κ3) is 1.84. The first-order chi connectivity index (χ1) is 8.31. The highest BCUT2D eigenvalue weighted by Crippen LogP contribution is 2.47. The average molecular weight is 267 g/mol. The fraction of sp³-hybridized carbons (Fsp3) is 0.800. The van der Waals surface area contributed by atoms with Crippen molar-refractivity contribution in [2.75, 3.05) is 13.7 Å². The van der Waals surface area contributed by atoms with Crippen molar-refractivity contribution in [1.82, 2.24) is 5.32 Å². The number of rotatable bonds is 2. The fourth-order valence-electron chi connectivity index (χ4n) is 2.59. The van der Waals surface area contributed by atoms with Gasteiger partial charge in [-0.15, -0.1) is 0 Å². The van der Waals surface area contributed by atoms with E-state index in [9.17, 15) is 22.8 Å². The highest BCUT2D eigenvalue weighted by Gasteiger charge is 2.64. The highest BCUT2D eigenvalue weighted by atomic mass is 19.4. The number of methoxy groups -OCH3 is 1. The Morgan fingerprint density at radius 1 is 1.44 bits per heavy atom. The van der Waals surface area contributed by atoms with Gasteiger partial charge < -0.3 is 14.8 Å². The number of ether oxygens (including phenoxy) is 2. The first kappa shape index (κ1) is 13.1. The molecule has 2 fully saturated rings. The predicted octanol–water partition coefficient (Wildman–Crippen LogP) is 0.385. The molecule has 5 nitrogen and oxygen atoms in total. The maximum absolute atomic E-state index is 12.2. The Morgan fingerprint density at radius 3 is 2.61 bits per heavy atom. The molecule has 1 N–H and O–H groups in total. The molecule has 3 atom stereocenters. The molecule has 1 amide bonds. The van der Waals surface area contributed by atoms with Gasteiger partial charge in [0.05, 0.1) is 13.2 Å². The van der Waals surface area contributed by atoms with Crippen LogP contribution >= 0.6 is 0 Å². The molecule has 8 heteroatoms. The van der Waals surface area contributed by atoms with E-state index in [1.54, 1.807) is 5.32 Å². The summed E-state index contributed by atoms with van der Waals surface area (Å²) in [6, 6.07) is 0. The zero-order valence-electron chi connectivity index (χ0n) is 9.54. The summed E-state index contributed by atoms with van der Waals surface area (Å²) in [6.07, 6.45) is -4.97. The van der Waals surface area contributed by atoms with Crippen LogP contribution in [0.4, 0.5) is 13.2 Å². The maximum atomic E-state index is 12.2. The van der Waals surface area contributed by atoms with Crippen molar-refractivity contribution >= 4 is 11.9 Å². The van der Waals surface area contributed by atoms with Gasteiger partial charge in [-0.3, -0.25) is 4.79 Å². The molecule has 2 rings (SSSR count). The van der Waals surface area contributed by atoms with Gasteiger partial charge in [-0.2, -0.15) is 13.2 Å². The molecule has 0 aromatic rings. The minimum atomic E-state index is -5.04. The van der Waals surface area contributed by atoms with Gasteiger partial charge in [0.25, 0.3) is 0 Å². The molecule has 102 valence electrons. The SMILES string of the molecule is COC(=O)[C@@]1(NC(=O)C(F)(F)F)C[C@@H]2CCO[C@@H]21. The second-order valence-corrected chi connectivity index (χ2v) is 4.46. The van der Waals surface area contributed by atoms with Gasteiger partial charge in [-0.05, 0) is 18.8 Å². The van der Waals surface area contributed by atoms with Gasteiger partial charge in [-0.25, -0.2) is 4.79 Å². The van der Waals surface area contributed by atoms with Crippen LogP contribution in [0.25, 0.3) is 0 Å². The van der Waals surface area contributed by atoms with Crippen LogP contribution in [-0.4, -0.2) is 43.4 Å². The lowest BCUT2D eigenvalue weighted by Gasteiger charge is -2.48. The molecule has 1 aliphatic heterocycles. The lowest BCUT2D eigenvalue weighted by Crippen LogP contribution is -2.72. The Kier molecular flexibility index (Phi) is 3.00. The summed E-state index contributed by atoms with van der Waals surface area (Å²) in [7, 11) is 1.06. The van der Waals surface area contributed by atoms with Crippen molar-refractivity contribution in [3.05, 3.63) is 0 Å². The first-order valence-electron chi connectivity index (χ1n) is 5.40. The molecule has 1 saturated heterocycles. The van der Waals surface area contributed by atoms with Crippen LogP contribution in [0.5, 0.6) is 0 Å². The largest absolute Gasteiger partial charge is 0.471 e. The molecule has 0 aromatic heterocycles. The second kappa shape index (κ2) is 4.11. The van der Waals surface area contributed by atoms with E-state index in [0.29, 0.717) is 13.0 Å². The van der Waals surface area contributed by atoms with E-state index in [-0.39, 0.29) is 12.3 Å². The summed E-state index contributed by atoms with van der Waals surface area (Å²) >= 11 is 0. The molecule has 0 radical (unpaired) electrons. The minimum Gasteiger partial charge on any atom is -0.467 e. The van der Waals surface area contributed by atoms with Gasteiger partial charge in [0.2, 0.25) is 0 Å². The minimum absolute atomic E-state index is 0.00219. The van der Waals surface area contributed by atoms with E-state index in [0.717, 1.165) is 7.11 Å². The Labute approximate surface area is 101 Å². The Hall–Kier alpha value is -1.31. The van der Waals surface area contributed by atoms with Crippen LogP contribution in [0.3, 0.4) is 0 Å². The van der Waals surface area contributed by atoms with E-state index in [1.807, 2.05) is 0 Å². The molecule has 0 spiro atoms. The standard InChI is InChI=1S/C10H12F3NO4/c1-17-8(16)9(14-7(15)10(11,12)13)4-5-2-3-18-6(5)9/h5-6H,2-4H2,1H3,(H,14,15)/t5-,6-,9+/m0/s1. The van der Waals surface area contributed by atoms with Crippen molar-refractivity contribution in [3.63, 3.8) is 0 Å². The molecular weight excluding hydrogens is 255 g/mol. The third-order valence-electron chi connectivity index (χ3n) is 3.43. The molecule has 1 saturated carbocycles. The number of alkyl halides is 3. The zero-order valence-corrected chi connectivity index (χ0v) is 9.54. The second-order valence-electron chi connectivity index (χ2n) is 4.46. The average Bonchev–Trinajstić information content (AvgIpc) is 2.65. The van der Waals surface area contributed by atoms with Crippen LogP contribution in [0.1, 0.15) is 12.8 Å². The number of carbonyl (C=O) groups is 2. The molecule has 2 aliphatic rings. The third-order valence-corrected chi connectivity index (χ3v) is 3.43. The van der Waals surface area contributed by atoms with E-state index in [4.69, 9.17) is 4.74 Å². The number of carbonyl (C=O) groups excluding carboxylic acids is 2. The number of hydrogen-bond acceptors (Lipinski definition) is 4. The Bertz CT molecular complexity index is 382. The maximum Gasteiger partial charge on any atom is 0.471 e. The van der Waals surface area contributed by atoms with Gasteiger partial charge in [0, 0.05) is 6.61 Å². The number of esters is 1. The van der Waals surface area contributed by atoms with Gasteiger partial charge in [0.1, 0.15) is 0 Å². The van der Waals surface area contributed by atoms with E-state index in [2.05, 4.69) is 4.74 Å². The van der Waals surface area contributed by atoms with Crippen LogP contribution < -0.4 is 5.32 Å². The summed E-state index contributed by atoms with van der Waals surface area (Å²) in [5.41, 5.74) is -1.69. The monoisotopic (exact) mass is 267 g/mol.